The Morgan fingerprint density at radius 1 is 1.21 bits per heavy atom. The Hall–Kier alpha value is -1.32. The number of ether oxygens (including phenoxy) is 1. The molecule has 0 amide bonds. The molecule has 2 unspecified atom stereocenters. The van der Waals surface area contributed by atoms with Gasteiger partial charge in [0, 0.05) is 30.8 Å². The zero-order valence-electron chi connectivity index (χ0n) is 11.1. The van der Waals surface area contributed by atoms with Crippen LogP contribution in [0, 0.1) is 5.92 Å². The molecular weight excluding hydrogens is 236 g/mol. The van der Waals surface area contributed by atoms with Gasteiger partial charge in [0.1, 0.15) is 0 Å². The van der Waals surface area contributed by atoms with Crippen molar-refractivity contribution in [2.45, 2.75) is 25.5 Å². The third kappa shape index (κ3) is 1.97. The van der Waals surface area contributed by atoms with Gasteiger partial charge in [0.2, 0.25) is 0 Å². The Bertz CT molecular complexity index is 517. The smallest absolute Gasteiger partial charge is 0.0743 e. The molecule has 1 aromatic rings. The van der Waals surface area contributed by atoms with Crippen LogP contribution < -0.4 is 10.6 Å². The molecule has 3 heteroatoms. The van der Waals surface area contributed by atoms with Gasteiger partial charge in [-0.05, 0) is 30.0 Å². The summed E-state index contributed by atoms with van der Waals surface area (Å²) >= 11 is 0. The van der Waals surface area contributed by atoms with Crippen LogP contribution >= 0.6 is 0 Å². The van der Waals surface area contributed by atoms with Gasteiger partial charge in [0.15, 0.2) is 0 Å². The van der Waals surface area contributed by atoms with Gasteiger partial charge in [-0.1, -0.05) is 24.3 Å². The highest BCUT2D eigenvalue weighted by molar-refractivity contribution is 5.73. The van der Waals surface area contributed by atoms with Crippen molar-refractivity contribution in [2.24, 2.45) is 5.92 Å². The van der Waals surface area contributed by atoms with E-state index in [2.05, 4.69) is 34.9 Å². The van der Waals surface area contributed by atoms with Crippen LogP contribution in [-0.2, 0) is 11.3 Å². The summed E-state index contributed by atoms with van der Waals surface area (Å²) in [5.74, 6) is 0.688. The molecule has 0 aliphatic carbocycles. The molecule has 3 aliphatic heterocycles. The number of hydrogen-bond acceptors (Lipinski definition) is 3. The predicted octanol–water partition coefficient (Wildman–Crippen LogP) is 1.90. The lowest BCUT2D eigenvalue weighted by Gasteiger charge is -2.35. The summed E-state index contributed by atoms with van der Waals surface area (Å²) in [4.78, 5) is 0. The predicted molar refractivity (Wildman–Crippen MR) is 75.5 cm³/mol. The van der Waals surface area contributed by atoms with Crippen LogP contribution in [0.5, 0.6) is 0 Å². The first-order chi connectivity index (χ1) is 9.42. The van der Waals surface area contributed by atoms with E-state index in [-0.39, 0.29) is 0 Å². The molecule has 3 heterocycles. The number of benzene rings is 1. The van der Waals surface area contributed by atoms with Gasteiger partial charge >= 0.3 is 0 Å². The molecule has 0 radical (unpaired) electrons. The molecule has 2 N–H and O–H groups in total. The highest BCUT2D eigenvalue weighted by atomic mass is 16.5. The maximum absolute atomic E-state index is 6.15. The third-order valence-electron chi connectivity index (χ3n) is 4.67. The van der Waals surface area contributed by atoms with Crippen LogP contribution in [0.1, 0.15) is 24.0 Å². The number of rotatable bonds is 1. The quantitative estimate of drug-likeness (QED) is 0.805. The highest BCUT2D eigenvalue weighted by Gasteiger charge is 2.32. The van der Waals surface area contributed by atoms with E-state index in [0.717, 1.165) is 32.7 Å². The molecule has 1 aromatic carbocycles. The van der Waals surface area contributed by atoms with Crippen molar-refractivity contribution in [1.82, 2.24) is 10.6 Å². The van der Waals surface area contributed by atoms with Crippen molar-refractivity contribution in [2.75, 3.05) is 19.7 Å². The average Bonchev–Trinajstić information content (AvgIpc) is 3.01. The van der Waals surface area contributed by atoms with Crippen LogP contribution in [0.4, 0.5) is 0 Å². The van der Waals surface area contributed by atoms with Gasteiger partial charge in [0.05, 0.1) is 12.7 Å². The largest absolute Gasteiger partial charge is 0.384 e. The molecule has 3 nitrogen and oxygen atoms in total. The highest BCUT2D eigenvalue weighted by Crippen LogP contribution is 2.35. The number of fused-ring (bicyclic) bond motifs is 2. The first-order valence-corrected chi connectivity index (χ1v) is 7.28. The molecule has 19 heavy (non-hydrogen) atoms. The Kier molecular flexibility index (Phi) is 2.82. The standard InChI is InChI=1S/C16H20N2O/c1-2-4-13-11(3-1)9-18-15-7-16(19-10-14(13)15)12-5-6-17-8-12/h1-4,12,16-18H,5-10H2. The molecule has 1 saturated heterocycles. The average molecular weight is 256 g/mol. The first kappa shape index (κ1) is 11.5. The van der Waals surface area contributed by atoms with E-state index in [1.165, 1.54) is 28.8 Å². The van der Waals surface area contributed by atoms with E-state index in [9.17, 15) is 0 Å². The molecule has 1 fully saturated rings. The molecule has 0 spiro atoms. The Balaban J connectivity index is 1.61. The number of hydrogen-bond donors (Lipinski definition) is 2. The second kappa shape index (κ2) is 4.66. The normalized spacial score (nSPS) is 29.7. The van der Waals surface area contributed by atoms with Gasteiger partial charge in [-0.25, -0.2) is 0 Å². The third-order valence-corrected chi connectivity index (χ3v) is 4.67. The van der Waals surface area contributed by atoms with E-state index in [1.54, 1.807) is 0 Å². The van der Waals surface area contributed by atoms with Crippen LogP contribution in [0.25, 0.3) is 5.57 Å². The fourth-order valence-corrected chi connectivity index (χ4v) is 3.55. The van der Waals surface area contributed by atoms with Crippen LogP contribution in [0.15, 0.2) is 30.0 Å². The van der Waals surface area contributed by atoms with E-state index in [0.29, 0.717) is 12.0 Å². The zero-order valence-corrected chi connectivity index (χ0v) is 11.1. The Morgan fingerprint density at radius 3 is 3.05 bits per heavy atom. The van der Waals surface area contributed by atoms with E-state index in [1.807, 2.05) is 0 Å². The van der Waals surface area contributed by atoms with Crippen molar-refractivity contribution in [3.63, 3.8) is 0 Å². The summed E-state index contributed by atoms with van der Waals surface area (Å²) in [5.41, 5.74) is 5.58. The van der Waals surface area contributed by atoms with E-state index in [4.69, 9.17) is 4.74 Å². The topological polar surface area (TPSA) is 33.3 Å². The summed E-state index contributed by atoms with van der Waals surface area (Å²) in [7, 11) is 0. The summed E-state index contributed by atoms with van der Waals surface area (Å²) in [5, 5.41) is 7.05. The minimum absolute atomic E-state index is 0.395. The fraction of sp³-hybridized carbons (Fsp3) is 0.500. The lowest BCUT2D eigenvalue weighted by molar-refractivity contribution is 0.0288. The second-order valence-electron chi connectivity index (χ2n) is 5.77. The number of nitrogens with one attached hydrogen (secondary N) is 2. The maximum Gasteiger partial charge on any atom is 0.0743 e. The van der Waals surface area contributed by atoms with Crippen molar-refractivity contribution in [3.8, 4) is 0 Å². The molecular formula is C16H20N2O. The molecule has 4 rings (SSSR count). The zero-order chi connectivity index (χ0) is 12.7. The van der Waals surface area contributed by atoms with E-state index < -0.39 is 0 Å². The molecule has 0 aromatic heterocycles. The van der Waals surface area contributed by atoms with Crippen molar-refractivity contribution in [3.05, 3.63) is 41.1 Å². The van der Waals surface area contributed by atoms with Gasteiger partial charge < -0.3 is 15.4 Å². The van der Waals surface area contributed by atoms with Crippen LogP contribution in [-0.4, -0.2) is 25.8 Å². The first-order valence-electron chi connectivity index (χ1n) is 7.28. The minimum atomic E-state index is 0.395. The van der Waals surface area contributed by atoms with Crippen molar-refractivity contribution < 1.29 is 4.74 Å². The molecule has 0 saturated carbocycles. The van der Waals surface area contributed by atoms with Gasteiger partial charge in [-0.3, -0.25) is 0 Å². The molecule has 100 valence electrons. The van der Waals surface area contributed by atoms with Crippen LogP contribution in [0.3, 0.4) is 0 Å². The SMILES string of the molecule is c1ccc2c(c1)CNC1=C2COC(C2CCNC2)C1. The summed E-state index contributed by atoms with van der Waals surface area (Å²) in [6.45, 7) is 3.99. The Morgan fingerprint density at radius 2 is 2.16 bits per heavy atom. The fourth-order valence-electron chi connectivity index (χ4n) is 3.55. The van der Waals surface area contributed by atoms with Gasteiger partial charge in [-0.15, -0.1) is 0 Å². The lowest BCUT2D eigenvalue weighted by atomic mass is 9.88. The minimum Gasteiger partial charge on any atom is -0.384 e. The lowest BCUT2D eigenvalue weighted by Crippen LogP contribution is -2.36. The molecule has 2 atom stereocenters. The summed E-state index contributed by atoms with van der Waals surface area (Å²) in [6, 6.07) is 8.68. The second-order valence-corrected chi connectivity index (χ2v) is 5.77. The van der Waals surface area contributed by atoms with Crippen molar-refractivity contribution >= 4 is 5.57 Å². The van der Waals surface area contributed by atoms with Gasteiger partial charge in [-0.2, -0.15) is 0 Å². The summed E-state index contributed by atoms with van der Waals surface area (Å²) < 4.78 is 6.15. The van der Waals surface area contributed by atoms with Gasteiger partial charge in [0.25, 0.3) is 0 Å². The van der Waals surface area contributed by atoms with Crippen molar-refractivity contribution in [1.29, 1.82) is 0 Å². The molecule has 3 aliphatic rings. The maximum atomic E-state index is 6.15. The summed E-state index contributed by atoms with van der Waals surface area (Å²) in [6.07, 6.45) is 2.70. The van der Waals surface area contributed by atoms with E-state index >= 15 is 0 Å². The van der Waals surface area contributed by atoms with Crippen LogP contribution in [0.2, 0.25) is 0 Å². The Labute approximate surface area is 114 Å². The molecule has 0 bridgehead atoms. The monoisotopic (exact) mass is 256 g/mol.